The number of nitrogens with zero attached hydrogens (tertiary/aromatic N) is 4. The van der Waals surface area contributed by atoms with Gasteiger partial charge in [-0.15, -0.1) is 10.2 Å². The second kappa shape index (κ2) is 11.1. The van der Waals surface area contributed by atoms with Crippen molar-refractivity contribution in [3.05, 3.63) is 90.5 Å². The summed E-state index contributed by atoms with van der Waals surface area (Å²) in [6.07, 6.45) is -1.04. The van der Waals surface area contributed by atoms with Gasteiger partial charge < -0.3 is 10.1 Å². The number of nitriles is 1. The molecule has 1 aromatic heterocycles. The van der Waals surface area contributed by atoms with Gasteiger partial charge in [0.2, 0.25) is 0 Å². The molecule has 35 heavy (non-hydrogen) atoms. The Kier molecular flexibility index (Phi) is 7.55. The maximum atomic E-state index is 12.5. The Hall–Kier alpha value is -4.42. The van der Waals surface area contributed by atoms with Crippen LogP contribution < -0.4 is 5.32 Å². The molecule has 4 rings (SSSR count). The molecule has 0 fully saturated rings. The molecule has 1 unspecified atom stereocenters. The van der Waals surface area contributed by atoms with E-state index in [4.69, 9.17) is 4.74 Å². The largest absolute Gasteiger partial charge is 0.452 e. The van der Waals surface area contributed by atoms with E-state index in [0.29, 0.717) is 22.2 Å². The summed E-state index contributed by atoms with van der Waals surface area (Å²) >= 11 is 1.17. The van der Waals surface area contributed by atoms with Crippen LogP contribution in [0.1, 0.15) is 12.5 Å². The van der Waals surface area contributed by atoms with Crippen LogP contribution in [0.15, 0.2) is 90.1 Å². The molecule has 1 amide bonds. The van der Waals surface area contributed by atoms with E-state index >= 15 is 0 Å². The first-order valence-electron chi connectivity index (χ1n) is 10.8. The summed E-state index contributed by atoms with van der Waals surface area (Å²) < 4.78 is 7.18. The molecule has 0 bridgehead atoms. The van der Waals surface area contributed by atoms with Crippen LogP contribution in [0.25, 0.3) is 17.1 Å². The topological polar surface area (TPSA) is 110 Å². The third-order valence-corrected chi connectivity index (χ3v) is 5.88. The molecular formula is C26H21N5O3S. The fraction of sp³-hybridized carbons (Fsp3) is 0.115. The Labute approximate surface area is 206 Å². The first kappa shape index (κ1) is 23.7. The van der Waals surface area contributed by atoms with Gasteiger partial charge in [-0.2, -0.15) is 5.26 Å². The number of aromatic nitrogens is 3. The number of para-hydroxylation sites is 2. The van der Waals surface area contributed by atoms with E-state index < -0.39 is 18.0 Å². The summed E-state index contributed by atoms with van der Waals surface area (Å²) in [5.41, 5.74) is 2.43. The van der Waals surface area contributed by atoms with Gasteiger partial charge in [0.15, 0.2) is 17.1 Å². The number of rotatable bonds is 8. The summed E-state index contributed by atoms with van der Waals surface area (Å²) in [6, 6.07) is 27.9. The van der Waals surface area contributed by atoms with Gasteiger partial charge in [0.05, 0.1) is 17.0 Å². The maximum absolute atomic E-state index is 12.5. The van der Waals surface area contributed by atoms with Gasteiger partial charge in [-0.3, -0.25) is 14.2 Å². The average Bonchev–Trinajstić information content (AvgIpc) is 3.33. The number of nitrogens with one attached hydrogen (secondary N) is 1. The van der Waals surface area contributed by atoms with Gasteiger partial charge in [0.25, 0.3) is 5.91 Å². The van der Waals surface area contributed by atoms with E-state index in [1.54, 1.807) is 24.3 Å². The van der Waals surface area contributed by atoms with Crippen LogP contribution in [-0.2, 0) is 14.3 Å². The Morgan fingerprint density at radius 2 is 1.66 bits per heavy atom. The Bertz CT molecular complexity index is 1370. The summed E-state index contributed by atoms with van der Waals surface area (Å²) in [5, 5.41) is 20.9. The van der Waals surface area contributed by atoms with E-state index in [1.165, 1.54) is 18.7 Å². The molecule has 0 aliphatic rings. The van der Waals surface area contributed by atoms with Crippen molar-refractivity contribution >= 4 is 29.3 Å². The van der Waals surface area contributed by atoms with Crippen molar-refractivity contribution in [1.29, 1.82) is 5.26 Å². The minimum atomic E-state index is -1.04. The molecular weight excluding hydrogens is 462 g/mol. The molecule has 0 saturated heterocycles. The molecule has 4 aromatic rings. The smallest absolute Gasteiger partial charge is 0.317 e. The van der Waals surface area contributed by atoms with E-state index in [9.17, 15) is 14.9 Å². The molecule has 0 aliphatic carbocycles. The molecule has 0 spiro atoms. The van der Waals surface area contributed by atoms with Crippen LogP contribution in [0.5, 0.6) is 0 Å². The van der Waals surface area contributed by atoms with Crippen molar-refractivity contribution in [2.24, 2.45) is 0 Å². The summed E-state index contributed by atoms with van der Waals surface area (Å²) in [7, 11) is 0. The number of hydrogen-bond donors (Lipinski definition) is 1. The zero-order valence-electron chi connectivity index (χ0n) is 18.8. The minimum Gasteiger partial charge on any atom is -0.452 e. The molecule has 0 aliphatic heterocycles. The predicted octanol–water partition coefficient (Wildman–Crippen LogP) is 4.47. The Balaban J connectivity index is 1.44. The zero-order valence-corrected chi connectivity index (χ0v) is 19.6. The fourth-order valence-electron chi connectivity index (χ4n) is 3.28. The summed E-state index contributed by atoms with van der Waals surface area (Å²) in [5.74, 6) is -0.511. The number of anilines is 1. The highest BCUT2D eigenvalue weighted by Crippen LogP contribution is 2.28. The van der Waals surface area contributed by atoms with Crippen LogP contribution in [0, 0.1) is 11.3 Å². The first-order valence-corrected chi connectivity index (χ1v) is 11.7. The van der Waals surface area contributed by atoms with Gasteiger partial charge in [0, 0.05) is 11.3 Å². The summed E-state index contributed by atoms with van der Waals surface area (Å²) in [6.45, 7) is 1.48. The molecule has 8 nitrogen and oxygen atoms in total. The molecule has 3 aromatic carbocycles. The van der Waals surface area contributed by atoms with Crippen molar-refractivity contribution in [3.63, 3.8) is 0 Å². The summed E-state index contributed by atoms with van der Waals surface area (Å²) in [4.78, 5) is 25.0. The third-order valence-electron chi connectivity index (χ3n) is 4.98. The number of carbonyl (C=O) groups is 2. The lowest BCUT2D eigenvalue weighted by atomic mass is 10.2. The van der Waals surface area contributed by atoms with E-state index in [0.717, 1.165) is 11.3 Å². The van der Waals surface area contributed by atoms with Crippen molar-refractivity contribution in [2.75, 3.05) is 11.1 Å². The van der Waals surface area contributed by atoms with Gasteiger partial charge in [-0.1, -0.05) is 72.4 Å². The Morgan fingerprint density at radius 3 is 2.37 bits per heavy atom. The number of esters is 1. The predicted molar refractivity (Wildman–Crippen MR) is 133 cm³/mol. The van der Waals surface area contributed by atoms with Crippen LogP contribution >= 0.6 is 11.8 Å². The van der Waals surface area contributed by atoms with Crippen molar-refractivity contribution in [2.45, 2.75) is 18.2 Å². The number of carbonyl (C=O) groups excluding carboxylic acids is 2. The molecule has 0 radical (unpaired) electrons. The molecule has 0 saturated carbocycles. The van der Waals surface area contributed by atoms with Gasteiger partial charge in [-0.05, 0) is 31.2 Å². The first-order chi connectivity index (χ1) is 17.1. The van der Waals surface area contributed by atoms with E-state index in [2.05, 4.69) is 15.5 Å². The SMILES string of the molecule is CC(OC(=O)CSc1nnc(-c2ccccc2)n1-c1ccccc1)C(=O)Nc1ccccc1C#N. The number of thioether (sulfide) groups is 1. The maximum Gasteiger partial charge on any atom is 0.317 e. The average molecular weight is 484 g/mol. The van der Waals surface area contributed by atoms with Gasteiger partial charge in [-0.25, -0.2) is 0 Å². The van der Waals surface area contributed by atoms with Crippen LogP contribution in [0.2, 0.25) is 0 Å². The number of ether oxygens (including phenoxy) is 1. The van der Waals surface area contributed by atoms with Gasteiger partial charge >= 0.3 is 5.97 Å². The number of benzene rings is 3. The number of hydrogen-bond acceptors (Lipinski definition) is 7. The van der Waals surface area contributed by atoms with E-state index in [1.807, 2.05) is 71.3 Å². The third kappa shape index (κ3) is 5.75. The van der Waals surface area contributed by atoms with Gasteiger partial charge in [0.1, 0.15) is 6.07 Å². The molecule has 9 heteroatoms. The second-order valence-electron chi connectivity index (χ2n) is 7.41. The van der Waals surface area contributed by atoms with Crippen molar-refractivity contribution in [1.82, 2.24) is 14.8 Å². The highest BCUT2D eigenvalue weighted by Gasteiger charge is 2.21. The Morgan fingerprint density at radius 1 is 1.00 bits per heavy atom. The van der Waals surface area contributed by atoms with Crippen molar-refractivity contribution < 1.29 is 14.3 Å². The molecule has 174 valence electrons. The monoisotopic (exact) mass is 483 g/mol. The fourth-order valence-corrected chi connectivity index (χ4v) is 4.01. The van der Waals surface area contributed by atoms with Crippen LogP contribution in [0.4, 0.5) is 5.69 Å². The van der Waals surface area contributed by atoms with Crippen molar-refractivity contribution in [3.8, 4) is 23.1 Å². The highest BCUT2D eigenvalue weighted by atomic mass is 32.2. The normalized spacial score (nSPS) is 11.3. The number of amides is 1. The quantitative estimate of drug-likeness (QED) is 0.291. The standard InChI is InChI=1S/C26H21N5O3S/c1-18(25(33)28-22-15-9-8-12-20(22)16-27)34-23(32)17-35-26-30-29-24(19-10-4-2-5-11-19)31(26)21-13-6-3-7-14-21/h2-15,18H,17H2,1H3,(H,28,33). The minimum absolute atomic E-state index is 0.0633. The van der Waals surface area contributed by atoms with E-state index in [-0.39, 0.29) is 5.75 Å². The van der Waals surface area contributed by atoms with Crippen LogP contribution in [-0.4, -0.2) is 38.5 Å². The lowest BCUT2D eigenvalue weighted by molar-refractivity contribution is -0.150. The lowest BCUT2D eigenvalue weighted by Crippen LogP contribution is -2.30. The molecule has 1 atom stereocenters. The molecule has 1 heterocycles. The molecule has 1 N–H and O–H groups in total. The van der Waals surface area contributed by atoms with Crippen LogP contribution in [0.3, 0.4) is 0 Å². The lowest BCUT2D eigenvalue weighted by Gasteiger charge is -2.14. The highest BCUT2D eigenvalue weighted by molar-refractivity contribution is 7.99. The second-order valence-corrected chi connectivity index (χ2v) is 8.35. The zero-order chi connectivity index (χ0) is 24.6.